The molecule has 3 nitrogen and oxygen atoms in total. The summed E-state index contributed by atoms with van der Waals surface area (Å²) in [7, 11) is 0. The van der Waals surface area contributed by atoms with E-state index >= 15 is 0 Å². The van der Waals surface area contributed by atoms with Crippen molar-refractivity contribution in [2.24, 2.45) is 0 Å². The molecule has 0 fully saturated rings. The molecule has 0 unspecified atom stereocenters. The SMILES string of the molecule is CCCOc1ncc[nH]1. The van der Waals surface area contributed by atoms with Gasteiger partial charge in [-0.25, -0.2) is 4.98 Å². The average Bonchev–Trinajstić information content (AvgIpc) is 2.34. The molecule has 0 radical (unpaired) electrons. The van der Waals surface area contributed by atoms with Crippen LogP contribution in [0.25, 0.3) is 0 Å². The molecule has 1 rings (SSSR count). The summed E-state index contributed by atoms with van der Waals surface area (Å²) in [5.41, 5.74) is 0. The number of rotatable bonds is 3. The van der Waals surface area contributed by atoms with E-state index in [0.717, 1.165) is 13.0 Å². The fourth-order valence-corrected chi connectivity index (χ4v) is 0.528. The summed E-state index contributed by atoms with van der Waals surface area (Å²) in [5, 5.41) is 0. The van der Waals surface area contributed by atoms with E-state index in [4.69, 9.17) is 4.74 Å². The van der Waals surface area contributed by atoms with Gasteiger partial charge in [-0.1, -0.05) is 6.92 Å². The molecule has 50 valence electrons. The third-order valence-electron chi connectivity index (χ3n) is 0.916. The highest BCUT2D eigenvalue weighted by Gasteiger charge is 1.89. The van der Waals surface area contributed by atoms with Gasteiger partial charge in [0.25, 0.3) is 6.01 Å². The number of hydrogen-bond acceptors (Lipinski definition) is 2. The van der Waals surface area contributed by atoms with Gasteiger partial charge in [0.1, 0.15) is 0 Å². The molecule has 9 heavy (non-hydrogen) atoms. The molecule has 1 N–H and O–H groups in total. The fraction of sp³-hybridized carbons (Fsp3) is 0.500. The molecule has 0 amide bonds. The lowest BCUT2D eigenvalue weighted by molar-refractivity contribution is 0.295. The first-order valence-corrected chi connectivity index (χ1v) is 3.05. The van der Waals surface area contributed by atoms with Gasteiger partial charge in [0, 0.05) is 12.4 Å². The van der Waals surface area contributed by atoms with Crippen molar-refractivity contribution in [3.8, 4) is 6.01 Å². The standard InChI is InChI=1S/C6H10N2O/c1-2-5-9-6-7-3-4-8-6/h3-4H,2,5H2,1H3,(H,7,8). The molecule has 0 atom stereocenters. The zero-order valence-corrected chi connectivity index (χ0v) is 5.42. The maximum absolute atomic E-state index is 5.13. The molecule has 1 heterocycles. The maximum Gasteiger partial charge on any atom is 0.293 e. The number of aromatic nitrogens is 2. The number of nitrogens with one attached hydrogen (secondary N) is 1. The van der Waals surface area contributed by atoms with E-state index in [1.54, 1.807) is 12.4 Å². The summed E-state index contributed by atoms with van der Waals surface area (Å²) in [5.74, 6) is 0. The average molecular weight is 126 g/mol. The van der Waals surface area contributed by atoms with Gasteiger partial charge in [-0.3, -0.25) is 0 Å². The normalized spacial score (nSPS) is 9.44. The van der Waals surface area contributed by atoms with Crippen molar-refractivity contribution in [1.82, 2.24) is 9.97 Å². The largest absolute Gasteiger partial charge is 0.465 e. The van der Waals surface area contributed by atoms with Crippen LogP contribution in [0.2, 0.25) is 0 Å². The van der Waals surface area contributed by atoms with Crippen LogP contribution in [0, 0.1) is 0 Å². The van der Waals surface area contributed by atoms with E-state index in [1.165, 1.54) is 0 Å². The van der Waals surface area contributed by atoms with Gasteiger partial charge in [0.15, 0.2) is 0 Å². The van der Waals surface area contributed by atoms with Gasteiger partial charge in [0.2, 0.25) is 0 Å². The number of ether oxygens (including phenoxy) is 1. The Kier molecular flexibility index (Phi) is 2.13. The summed E-state index contributed by atoms with van der Waals surface area (Å²) in [6.45, 7) is 2.79. The van der Waals surface area contributed by atoms with E-state index < -0.39 is 0 Å². The van der Waals surface area contributed by atoms with Gasteiger partial charge in [-0.05, 0) is 6.42 Å². The van der Waals surface area contributed by atoms with Crippen molar-refractivity contribution in [3.05, 3.63) is 12.4 Å². The molecule has 0 spiro atoms. The molecule has 0 bridgehead atoms. The molecule has 1 aromatic rings. The van der Waals surface area contributed by atoms with Crippen LogP contribution >= 0.6 is 0 Å². The Labute approximate surface area is 54.1 Å². The van der Waals surface area contributed by atoms with E-state index in [0.29, 0.717) is 6.01 Å². The number of nitrogens with zero attached hydrogens (tertiary/aromatic N) is 1. The second-order valence-electron chi connectivity index (χ2n) is 1.74. The Morgan fingerprint density at radius 2 is 2.67 bits per heavy atom. The molecule has 0 aliphatic carbocycles. The molecule has 0 aliphatic rings. The lowest BCUT2D eigenvalue weighted by atomic mass is 10.5. The molecule has 0 aromatic carbocycles. The van der Waals surface area contributed by atoms with E-state index in [-0.39, 0.29) is 0 Å². The van der Waals surface area contributed by atoms with Crippen LogP contribution < -0.4 is 4.74 Å². The Morgan fingerprint density at radius 3 is 3.22 bits per heavy atom. The second-order valence-corrected chi connectivity index (χ2v) is 1.74. The number of hydrogen-bond donors (Lipinski definition) is 1. The van der Waals surface area contributed by atoms with Crippen LogP contribution in [0.5, 0.6) is 6.01 Å². The highest BCUT2D eigenvalue weighted by atomic mass is 16.5. The van der Waals surface area contributed by atoms with E-state index in [9.17, 15) is 0 Å². The van der Waals surface area contributed by atoms with Gasteiger partial charge in [-0.15, -0.1) is 0 Å². The van der Waals surface area contributed by atoms with E-state index in [2.05, 4.69) is 16.9 Å². The number of aromatic amines is 1. The lowest BCUT2D eigenvalue weighted by Gasteiger charge is -1.96. The van der Waals surface area contributed by atoms with Crippen molar-refractivity contribution in [1.29, 1.82) is 0 Å². The van der Waals surface area contributed by atoms with Crippen LogP contribution in [-0.4, -0.2) is 16.6 Å². The summed E-state index contributed by atoms with van der Waals surface area (Å²) in [4.78, 5) is 6.71. The number of imidazole rings is 1. The van der Waals surface area contributed by atoms with Crippen molar-refractivity contribution >= 4 is 0 Å². The summed E-state index contributed by atoms with van der Waals surface area (Å²) < 4.78 is 5.13. The first-order chi connectivity index (χ1) is 4.43. The van der Waals surface area contributed by atoms with Crippen LogP contribution in [0.3, 0.4) is 0 Å². The summed E-state index contributed by atoms with van der Waals surface area (Å²) in [6.07, 6.45) is 4.43. The molecule has 3 heteroatoms. The first kappa shape index (κ1) is 6.13. The van der Waals surface area contributed by atoms with Gasteiger partial charge in [-0.2, -0.15) is 0 Å². The van der Waals surface area contributed by atoms with Gasteiger partial charge < -0.3 is 9.72 Å². The lowest BCUT2D eigenvalue weighted by Crippen LogP contribution is -1.95. The zero-order chi connectivity index (χ0) is 6.53. The van der Waals surface area contributed by atoms with Crippen molar-refractivity contribution in [3.63, 3.8) is 0 Å². The second kappa shape index (κ2) is 3.12. The topological polar surface area (TPSA) is 37.9 Å². The van der Waals surface area contributed by atoms with Crippen molar-refractivity contribution in [2.75, 3.05) is 6.61 Å². The Balaban J connectivity index is 2.30. The molecule has 0 saturated heterocycles. The third kappa shape index (κ3) is 1.76. The van der Waals surface area contributed by atoms with Crippen molar-refractivity contribution in [2.45, 2.75) is 13.3 Å². The van der Waals surface area contributed by atoms with Crippen molar-refractivity contribution < 1.29 is 4.74 Å². The zero-order valence-electron chi connectivity index (χ0n) is 5.42. The minimum Gasteiger partial charge on any atom is -0.465 e. The minimum absolute atomic E-state index is 0.608. The first-order valence-electron chi connectivity index (χ1n) is 3.05. The van der Waals surface area contributed by atoms with Crippen LogP contribution in [0.15, 0.2) is 12.4 Å². The predicted octanol–water partition coefficient (Wildman–Crippen LogP) is 1.20. The fourth-order valence-electron chi connectivity index (χ4n) is 0.528. The van der Waals surface area contributed by atoms with Crippen LogP contribution in [0.4, 0.5) is 0 Å². The maximum atomic E-state index is 5.13. The molecule has 0 aliphatic heterocycles. The van der Waals surface area contributed by atoms with E-state index in [1.807, 2.05) is 0 Å². The third-order valence-corrected chi connectivity index (χ3v) is 0.916. The van der Waals surface area contributed by atoms with Gasteiger partial charge in [0.05, 0.1) is 6.61 Å². The molecular formula is C6H10N2O. The summed E-state index contributed by atoms with van der Waals surface area (Å²) >= 11 is 0. The highest BCUT2D eigenvalue weighted by Crippen LogP contribution is 1.97. The minimum atomic E-state index is 0.608. The molecule has 1 aromatic heterocycles. The predicted molar refractivity (Wildman–Crippen MR) is 34.4 cm³/mol. The molecular weight excluding hydrogens is 116 g/mol. The number of H-pyrrole nitrogens is 1. The smallest absolute Gasteiger partial charge is 0.293 e. The summed E-state index contributed by atoms with van der Waals surface area (Å²) in [6, 6.07) is 0.608. The van der Waals surface area contributed by atoms with Crippen LogP contribution in [0.1, 0.15) is 13.3 Å². The highest BCUT2D eigenvalue weighted by molar-refractivity contribution is 4.91. The Hall–Kier alpha value is -0.990. The molecule has 0 saturated carbocycles. The monoisotopic (exact) mass is 126 g/mol. The Bertz CT molecular complexity index is 148. The quantitative estimate of drug-likeness (QED) is 0.660. The van der Waals surface area contributed by atoms with Gasteiger partial charge >= 0.3 is 0 Å². The Morgan fingerprint density at radius 1 is 1.78 bits per heavy atom. The van der Waals surface area contributed by atoms with Crippen LogP contribution in [-0.2, 0) is 0 Å².